The molecule has 0 radical (unpaired) electrons. The Kier molecular flexibility index (Phi) is 3.29. The summed E-state index contributed by atoms with van der Waals surface area (Å²) >= 11 is 0. The van der Waals surface area contributed by atoms with Crippen molar-refractivity contribution in [1.29, 1.82) is 0 Å². The molecule has 1 aromatic rings. The molecule has 2 N–H and O–H groups in total. The van der Waals surface area contributed by atoms with Crippen molar-refractivity contribution >= 4 is 11.7 Å². The maximum atomic E-state index is 11.2. The van der Waals surface area contributed by atoms with Crippen LogP contribution in [0.15, 0.2) is 30.9 Å². The number of hydrogen-bond acceptors (Lipinski definition) is 3. The van der Waals surface area contributed by atoms with E-state index in [1.165, 1.54) is 7.11 Å². The summed E-state index contributed by atoms with van der Waals surface area (Å²) in [6, 6.07) is 5.07. The third-order valence-electron chi connectivity index (χ3n) is 1.93. The van der Waals surface area contributed by atoms with Gasteiger partial charge in [0.05, 0.1) is 12.7 Å². The fourth-order valence-electron chi connectivity index (χ4n) is 1.18. The molecule has 0 aliphatic rings. The molecule has 1 aromatic carbocycles. The minimum Gasteiger partial charge on any atom is -0.465 e. The Morgan fingerprint density at radius 3 is 2.93 bits per heavy atom. The molecular weight excluding hydrogens is 178 g/mol. The van der Waals surface area contributed by atoms with Gasteiger partial charge < -0.3 is 10.5 Å². The number of methoxy groups -OCH3 is 1. The molecule has 0 bridgehead atoms. The summed E-state index contributed by atoms with van der Waals surface area (Å²) in [5, 5.41) is 0. The highest BCUT2D eigenvalue weighted by molar-refractivity contribution is 5.90. The number of benzene rings is 1. The lowest BCUT2D eigenvalue weighted by Gasteiger charge is -2.05. The van der Waals surface area contributed by atoms with Crippen LogP contribution in [0, 0.1) is 0 Å². The largest absolute Gasteiger partial charge is 0.465 e. The van der Waals surface area contributed by atoms with E-state index in [4.69, 9.17) is 5.73 Å². The van der Waals surface area contributed by atoms with Crippen molar-refractivity contribution in [3.05, 3.63) is 42.0 Å². The van der Waals surface area contributed by atoms with Crippen molar-refractivity contribution in [3.8, 4) is 0 Å². The minimum atomic E-state index is -0.352. The van der Waals surface area contributed by atoms with Crippen molar-refractivity contribution in [2.75, 3.05) is 12.8 Å². The first kappa shape index (κ1) is 10.3. The van der Waals surface area contributed by atoms with Crippen LogP contribution in [0.1, 0.15) is 15.9 Å². The van der Waals surface area contributed by atoms with Gasteiger partial charge in [0.25, 0.3) is 0 Å². The predicted octanol–water partition coefficient (Wildman–Crippen LogP) is 1.78. The second-order valence-corrected chi connectivity index (χ2v) is 2.90. The molecule has 0 aliphatic carbocycles. The molecule has 0 aromatic heterocycles. The van der Waals surface area contributed by atoms with Crippen molar-refractivity contribution in [2.45, 2.75) is 6.42 Å². The van der Waals surface area contributed by atoms with E-state index in [1.807, 2.05) is 0 Å². The molecule has 0 fully saturated rings. The minimum absolute atomic E-state index is 0.352. The number of esters is 1. The zero-order valence-electron chi connectivity index (χ0n) is 8.12. The lowest BCUT2D eigenvalue weighted by molar-refractivity contribution is 0.0600. The SMILES string of the molecule is C=CCc1cc(C(=O)OC)ccc1N. The number of hydrogen-bond donors (Lipinski definition) is 1. The molecule has 0 saturated heterocycles. The van der Waals surface area contributed by atoms with Crippen LogP contribution in [0.25, 0.3) is 0 Å². The zero-order valence-corrected chi connectivity index (χ0v) is 8.12. The number of carbonyl (C=O) groups is 1. The van der Waals surface area contributed by atoms with Crippen LogP contribution < -0.4 is 5.73 Å². The molecule has 0 amide bonds. The van der Waals surface area contributed by atoms with Gasteiger partial charge in [0.15, 0.2) is 0 Å². The highest BCUT2D eigenvalue weighted by atomic mass is 16.5. The molecule has 0 spiro atoms. The van der Waals surface area contributed by atoms with E-state index >= 15 is 0 Å². The van der Waals surface area contributed by atoms with Gasteiger partial charge >= 0.3 is 5.97 Å². The van der Waals surface area contributed by atoms with Gasteiger partial charge in [0.1, 0.15) is 0 Å². The first-order valence-electron chi connectivity index (χ1n) is 4.26. The fraction of sp³-hybridized carbons (Fsp3) is 0.182. The average molecular weight is 191 g/mol. The van der Waals surface area contributed by atoms with Crippen LogP contribution in [0.3, 0.4) is 0 Å². The average Bonchev–Trinajstić information content (AvgIpc) is 2.20. The molecule has 14 heavy (non-hydrogen) atoms. The standard InChI is InChI=1S/C11H13NO2/c1-3-4-8-7-9(11(13)14-2)5-6-10(8)12/h3,5-7H,1,4,12H2,2H3. The Morgan fingerprint density at radius 1 is 1.64 bits per heavy atom. The van der Waals surface area contributed by atoms with E-state index in [0.29, 0.717) is 17.7 Å². The molecule has 0 heterocycles. The van der Waals surface area contributed by atoms with Gasteiger partial charge in [-0.25, -0.2) is 4.79 Å². The highest BCUT2D eigenvalue weighted by Crippen LogP contribution is 2.15. The Balaban J connectivity index is 3.05. The van der Waals surface area contributed by atoms with Gasteiger partial charge in [-0.2, -0.15) is 0 Å². The lowest BCUT2D eigenvalue weighted by Crippen LogP contribution is -2.03. The van der Waals surface area contributed by atoms with E-state index in [-0.39, 0.29) is 5.97 Å². The van der Waals surface area contributed by atoms with Crippen LogP contribution in [0.5, 0.6) is 0 Å². The summed E-state index contributed by atoms with van der Waals surface area (Å²) in [5.41, 5.74) is 7.79. The first-order chi connectivity index (χ1) is 6.69. The molecule has 0 aliphatic heterocycles. The smallest absolute Gasteiger partial charge is 0.337 e. The maximum Gasteiger partial charge on any atom is 0.337 e. The van der Waals surface area contributed by atoms with E-state index < -0.39 is 0 Å². The summed E-state index contributed by atoms with van der Waals surface area (Å²) in [7, 11) is 1.35. The van der Waals surface area contributed by atoms with Crippen LogP contribution in [-0.2, 0) is 11.2 Å². The Morgan fingerprint density at radius 2 is 2.36 bits per heavy atom. The highest BCUT2D eigenvalue weighted by Gasteiger charge is 2.07. The third-order valence-corrected chi connectivity index (χ3v) is 1.93. The molecular formula is C11H13NO2. The Hall–Kier alpha value is -1.77. The molecule has 0 saturated carbocycles. The summed E-state index contributed by atoms with van der Waals surface area (Å²) in [5.74, 6) is -0.352. The van der Waals surface area contributed by atoms with E-state index in [9.17, 15) is 4.79 Å². The number of nitrogens with two attached hydrogens (primary N) is 1. The summed E-state index contributed by atoms with van der Waals surface area (Å²) in [6.07, 6.45) is 2.39. The van der Waals surface area contributed by atoms with Crippen LogP contribution in [0.2, 0.25) is 0 Å². The zero-order chi connectivity index (χ0) is 10.6. The molecule has 0 atom stereocenters. The van der Waals surface area contributed by atoms with E-state index in [0.717, 1.165) is 5.56 Å². The summed E-state index contributed by atoms with van der Waals surface area (Å²) in [6.45, 7) is 3.62. The number of nitrogen functional groups attached to an aromatic ring is 1. The maximum absolute atomic E-state index is 11.2. The second-order valence-electron chi connectivity index (χ2n) is 2.90. The van der Waals surface area contributed by atoms with Gasteiger partial charge in [-0.1, -0.05) is 6.08 Å². The first-order valence-corrected chi connectivity index (χ1v) is 4.26. The van der Waals surface area contributed by atoms with Gasteiger partial charge in [0.2, 0.25) is 0 Å². The topological polar surface area (TPSA) is 52.3 Å². The summed E-state index contributed by atoms with van der Waals surface area (Å²) < 4.78 is 4.60. The van der Waals surface area contributed by atoms with Crippen molar-refractivity contribution < 1.29 is 9.53 Å². The number of allylic oxidation sites excluding steroid dienone is 1. The van der Waals surface area contributed by atoms with Gasteiger partial charge in [-0.3, -0.25) is 0 Å². The molecule has 1 rings (SSSR count). The van der Waals surface area contributed by atoms with Gasteiger partial charge in [0, 0.05) is 5.69 Å². The summed E-state index contributed by atoms with van der Waals surface area (Å²) in [4.78, 5) is 11.2. The van der Waals surface area contributed by atoms with Crippen molar-refractivity contribution in [1.82, 2.24) is 0 Å². The van der Waals surface area contributed by atoms with Crippen LogP contribution in [-0.4, -0.2) is 13.1 Å². The van der Waals surface area contributed by atoms with E-state index in [2.05, 4.69) is 11.3 Å². The number of anilines is 1. The number of rotatable bonds is 3. The van der Waals surface area contributed by atoms with Gasteiger partial charge in [-0.05, 0) is 30.2 Å². The fourth-order valence-corrected chi connectivity index (χ4v) is 1.18. The Labute approximate surface area is 83.2 Å². The quantitative estimate of drug-likeness (QED) is 0.450. The normalized spacial score (nSPS) is 9.50. The number of carbonyl (C=O) groups excluding carboxylic acids is 1. The van der Waals surface area contributed by atoms with Crippen molar-refractivity contribution in [3.63, 3.8) is 0 Å². The van der Waals surface area contributed by atoms with Crippen LogP contribution in [0.4, 0.5) is 5.69 Å². The monoisotopic (exact) mass is 191 g/mol. The van der Waals surface area contributed by atoms with Crippen LogP contribution >= 0.6 is 0 Å². The predicted molar refractivity (Wildman–Crippen MR) is 56.1 cm³/mol. The lowest BCUT2D eigenvalue weighted by atomic mass is 10.1. The molecule has 3 nitrogen and oxygen atoms in total. The molecule has 3 heteroatoms. The molecule has 74 valence electrons. The number of ether oxygens (including phenoxy) is 1. The molecule has 0 unspecified atom stereocenters. The third kappa shape index (κ3) is 2.13. The second kappa shape index (κ2) is 4.46. The van der Waals surface area contributed by atoms with Crippen molar-refractivity contribution in [2.24, 2.45) is 0 Å². The van der Waals surface area contributed by atoms with E-state index in [1.54, 1.807) is 24.3 Å². The van der Waals surface area contributed by atoms with Gasteiger partial charge in [-0.15, -0.1) is 6.58 Å². The Bertz CT molecular complexity index is 358.